The first-order chi connectivity index (χ1) is 12.6. The minimum Gasteiger partial charge on any atom is -0.304 e. The molecule has 0 aliphatic rings. The molecule has 1 amide bonds. The minimum absolute atomic E-state index is 0.204. The third kappa shape index (κ3) is 2.76. The van der Waals surface area contributed by atoms with Crippen LogP contribution in [-0.2, 0) is 6.54 Å². The molecular formula is C20H17BrN4O. The molecule has 6 heteroatoms. The zero-order valence-corrected chi connectivity index (χ0v) is 16.0. The van der Waals surface area contributed by atoms with Crippen molar-refractivity contribution in [1.29, 1.82) is 0 Å². The zero-order chi connectivity index (χ0) is 18.3. The van der Waals surface area contributed by atoms with E-state index in [9.17, 15) is 4.79 Å². The third-order valence-electron chi connectivity index (χ3n) is 4.40. The Labute approximate surface area is 159 Å². The largest absolute Gasteiger partial charge is 0.304 e. The van der Waals surface area contributed by atoms with E-state index >= 15 is 0 Å². The van der Waals surface area contributed by atoms with Crippen LogP contribution in [0.15, 0.2) is 53.0 Å². The smallest absolute Gasteiger partial charge is 0.258 e. The van der Waals surface area contributed by atoms with Crippen LogP contribution in [0, 0.1) is 6.92 Å². The molecule has 0 radical (unpaired) electrons. The highest BCUT2D eigenvalue weighted by Crippen LogP contribution is 2.28. The summed E-state index contributed by atoms with van der Waals surface area (Å²) < 4.78 is 2.56. The molecule has 1 N–H and O–H groups in total. The van der Waals surface area contributed by atoms with Gasteiger partial charge in [-0.25, -0.2) is 9.67 Å². The molecule has 4 rings (SSSR count). The molecule has 0 fully saturated rings. The van der Waals surface area contributed by atoms with Gasteiger partial charge in [-0.2, -0.15) is 5.10 Å². The molecule has 0 bridgehead atoms. The molecule has 2 heterocycles. The summed E-state index contributed by atoms with van der Waals surface area (Å²) in [6.45, 7) is 4.73. The highest BCUT2D eigenvalue weighted by atomic mass is 79.9. The summed E-state index contributed by atoms with van der Waals surface area (Å²) >= 11 is 3.42. The number of carbonyl (C=O) groups is 1. The molecule has 0 aliphatic heterocycles. The predicted molar refractivity (Wildman–Crippen MR) is 108 cm³/mol. The Morgan fingerprint density at radius 1 is 1.19 bits per heavy atom. The summed E-state index contributed by atoms with van der Waals surface area (Å²) in [6, 6.07) is 15.4. The second-order valence-corrected chi connectivity index (χ2v) is 6.96. The van der Waals surface area contributed by atoms with Gasteiger partial charge < -0.3 is 5.32 Å². The highest BCUT2D eigenvalue weighted by molar-refractivity contribution is 9.10. The topological polar surface area (TPSA) is 59.8 Å². The average Bonchev–Trinajstić information content (AvgIpc) is 2.98. The lowest BCUT2D eigenvalue weighted by molar-refractivity contribution is 0.102. The molecule has 0 aliphatic carbocycles. The van der Waals surface area contributed by atoms with Gasteiger partial charge in [-0.05, 0) is 53.5 Å². The Morgan fingerprint density at radius 3 is 2.77 bits per heavy atom. The molecule has 130 valence electrons. The maximum Gasteiger partial charge on any atom is 0.258 e. The summed E-state index contributed by atoms with van der Waals surface area (Å²) in [7, 11) is 0. The van der Waals surface area contributed by atoms with Gasteiger partial charge in [0.1, 0.15) is 0 Å². The fraction of sp³-hybridized carbons (Fsp3) is 0.150. The van der Waals surface area contributed by atoms with E-state index in [-0.39, 0.29) is 5.91 Å². The number of hydrogen-bond acceptors (Lipinski definition) is 3. The summed E-state index contributed by atoms with van der Waals surface area (Å²) in [5.74, 6) is 0.322. The molecule has 0 spiro atoms. The number of aromatic nitrogens is 3. The second-order valence-electron chi connectivity index (χ2n) is 6.10. The van der Waals surface area contributed by atoms with Gasteiger partial charge in [0.05, 0.1) is 16.5 Å². The van der Waals surface area contributed by atoms with Crippen molar-refractivity contribution in [3.63, 3.8) is 0 Å². The Bertz CT molecular complexity index is 1150. The molecule has 2 aromatic heterocycles. The van der Waals surface area contributed by atoms with Crippen molar-refractivity contribution in [3.05, 3.63) is 64.1 Å². The lowest BCUT2D eigenvalue weighted by atomic mass is 10.1. The molecule has 2 aromatic carbocycles. The number of nitrogens with zero attached hydrogens (tertiary/aromatic N) is 3. The maximum absolute atomic E-state index is 12.7. The van der Waals surface area contributed by atoms with Gasteiger partial charge in [0.15, 0.2) is 11.5 Å². The van der Waals surface area contributed by atoms with Crippen LogP contribution in [0.25, 0.3) is 21.9 Å². The molecule has 0 saturated heterocycles. The zero-order valence-electron chi connectivity index (χ0n) is 14.5. The third-order valence-corrected chi connectivity index (χ3v) is 5.09. The number of rotatable bonds is 3. The summed E-state index contributed by atoms with van der Waals surface area (Å²) in [5, 5.41) is 9.37. The van der Waals surface area contributed by atoms with E-state index in [2.05, 4.69) is 26.3 Å². The standard InChI is InChI=1S/C20H17BrN4O/c1-3-25-19-15(11-13-8-6-7-12(2)17(13)22-19)18(24-25)23-20(26)14-9-4-5-10-16(14)21/h4-11H,3H2,1-2H3,(H,23,24,26). The molecule has 5 nitrogen and oxygen atoms in total. The van der Waals surface area contributed by atoms with Gasteiger partial charge >= 0.3 is 0 Å². The Kier molecular flexibility index (Phi) is 4.20. The van der Waals surface area contributed by atoms with Crippen LogP contribution in [-0.4, -0.2) is 20.7 Å². The van der Waals surface area contributed by atoms with E-state index in [1.165, 1.54) is 0 Å². The van der Waals surface area contributed by atoms with Gasteiger partial charge in [-0.1, -0.05) is 30.3 Å². The fourth-order valence-corrected chi connectivity index (χ4v) is 3.53. The highest BCUT2D eigenvalue weighted by Gasteiger charge is 2.17. The second kappa shape index (κ2) is 6.53. The quantitative estimate of drug-likeness (QED) is 0.522. The first-order valence-electron chi connectivity index (χ1n) is 8.41. The van der Waals surface area contributed by atoms with Crippen LogP contribution in [0.1, 0.15) is 22.8 Å². The van der Waals surface area contributed by atoms with Crippen LogP contribution in [0.2, 0.25) is 0 Å². The normalized spacial score (nSPS) is 11.2. The van der Waals surface area contributed by atoms with Crippen molar-refractivity contribution in [2.75, 3.05) is 5.32 Å². The van der Waals surface area contributed by atoms with E-state index < -0.39 is 0 Å². The maximum atomic E-state index is 12.7. The van der Waals surface area contributed by atoms with Gasteiger partial charge in [0.2, 0.25) is 0 Å². The van der Waals surface area contributed by atoms with Crippen LogP contribution >= 0.6 is 15.9 Å². The first-order valence-corrected chi connectivity index (χ1v) is 9.20. The summed E-state index contributed by atoms with van der Waals surface area (Å²) in [4.78, 5) is 17.5. The van der Waals surface area contributed by atoms with E-state index in [4.69, 9.17) is 4.98 Å². The number of carbonyl (C=O) groups excluding carboxylic acids is 1. The summed E-state index contributed by atoms with van der Waals surface area (Å²) in [6.07, 6.45) is 0. The number of para-hydroxylation sites is 1. The van der Waals surface area contributed by atoms with Gasteiger partial charge in [-0.3, -0.25) is 4.79 Å². The Hall–Kier alpha value is -2.73. The van der Waals surface area contributed by atoms with Crippen molar-refractivity contribution in [3.8, 4) is 0 Å². The number of anilines is 1. The van der Waals surface area contributed by atoms with Crippen molar-refractivity contribution >= 4 is 49.6 Å². The van der Waals surface area contributed by atoms with Crippen LogP contribution in [0.3, 0.4) is 0 Å². The number of halogens is 1. The monoisotopic (exact) mass is 408 g/mol. The first kappa shape index (κ1) is 16.7. The molecule has 26 heavy (non-hydrogen) atoms. The van der Waals surface area contributed by atoms with Crippen molar-refractivity contribution in [1.82, 2.24) is 14.8 Å². The number of pyridine rings is 1. The predicted octanol–water partition coefficient (Wildman–Crippen LogP) is 4.93. The molecule has 0 unspecified atom stereocenters. The number of benzene rings is 2. The number of hydrogen-bond donors (Lipinski definition) is 1. The van der Waals surface area contributed by atoms with Gasteiger partial charge in [0.25, 0.3) is 5.91 Å². The SMILES string of the molecule is CCn1nc(NC(=O)c2ccccc2Br)c2cc3cccc(C)c3nc21. The van der Waals surface area contributed by atoms with Crippen LogP contribution < -0.4 is 5.32 Å². The fourth-order valence-electron chi connectivity index (χ4n) is 3.06. The van der Waals surface area contributed by atoms with Crippen LogP contribution in [0.4, 0.5) is 5.82 Å². The van der Waals surface area contributed by atoms with E-state index in [0.717, 1.165) is 32.0 Å². The molecule has 0 atom stereocenters. The molecular weight excluding hydrogens is 392 g/mol. The number of fused-ring (bicyclic) bond motifs is 2. The lowest BCUT2D eigenvalue weighted by Gasteiger charge is -2.05. The van der Waals surface area contributed by atoms with Crippen molar-refractivity contribution < 1.29 is 4.79 Å². The van der Waals surface area contributed by atoms with E-state index in [1.54, 1.807) is 6.07 Å². The van der Waals surface area contributed by atoms with Gasteiger partial charge in [-0.15, -0.1) is 0 Å². The molecule has 4 aromatic rings. The number of aryl methyl sites for hydroxylation is 2. The minimum atomic E-state index is -0.204. The number of nitrogens with one attached hydrogen (secondary N) is 1. The van der Waals surface area contributed by atoms with E-state index in [1.807, 2.05) is 61.0 Å². The summed E-state index contributed by atoms with van der Waals surface area (Å²) in [5.41, 5.74) is 3.42. The van der Waals surface area contributed by atoms with Crippen molar-refractivity contribution in [2.24, 2.45) is 0 Å². The van der Waals surface area contributed by atoms with E-state index in [0.29, 0.717) is 17.9 Å². The van der Waals surface area contributed by atoms with Crippen LogP contribution in [0.5, 0.6) is 0 Å². The van der Waals surface area contributed by atoms with Gasteiger partial charge in [0, 0.05) is 16.4 Å². The average molecular weight is 409 g/mol. The Balaban J connectivity index is 1.85. The number of amides is 1. The van der Waals surface area contributed by atoms with Crippen molar-refractivity contribution in [2.45, 2.75) is 20.4 Å². The molecule has 0 saturated carbocycles. The Morgan fingerprint density at radius 2 is 2.00 bits per heavy atom. The lowest BCUT2D eigenvalue weighted by Crippen LogP contribution is -2.13.